The van der Waals surface area contributed by atoms with Crippen molar-refractivity contribution in [2.24, 2.45) is 0 Å². The highest BCUT2D eigenvalue weighted by Crippen LogP contribution is 2.05. The summed E-state index contributed by atoms with van der Waals surface area (Å²) >= 11 is 0. The van der Waals surface area contributed by atoms with Crippen molar-refractivity contribution >= 4 is 11.9 Å². The predicted octanol–water partition coefficient (Wildman–Crippen LogP) is 1.95. The number of ether oxygens (including phenoxy) is 1. The minimum absolute atomic E-state index is 0.185. The van der Waals surface area contributed by atoms with E-state index in [0.29, 0.717) is 19.4 Å². The average molecular weight is 259 g/mol. The molecule has 0 fully saturated rings. The van der Waals surface area contributed by atoms with Crippen LogP contribution in [0.2, 0.25) is 0 Å². The van der Waals surface area contributed by atoms with E-state index in [9.17, 15) is 9.59 Å². The maximum Gasteiger partial charge on any atom is 0.326 e. The van der Waals surface area contributed by atoms with E-state index in [1.54, 1.807) is 0 Å². The zero-order valence-corrected chi connectivity index (χ0v) is 11.4. The maximum atomic E-state index is 11.5. The Morgan fingerprint density at radius 1 is 1.22 bits per heavy atom. The average Bonchev–Trinajstić information content (AvgIpc) is 2.33. The molecule has 2 N–H and O–H groups in total. The van der Waals surface area contributed by atoms with E-state index in [0.717, 1.165) is 19.3 Å². The van der Waals surface area contributed by atoms with E-state index >= 15 is 0 Å². The number of hydrogen-bond acceptors (Lipinski definition) is 3. The van der Waals surface area contributed by atoms with Crippen LogP contribution in [-0.4, -0.2) is 36.7 Å². The molecule has 0 aliphatic carbocycles. The van der Waals surface area contributed by atoms with Gasteiger partial charge >= 0.3 is 5.97 Å². The second kappa shape index (κ2) is 11.0. The standard InChI is InChI=1S/C13H25NO4/c1-3-4-5-6-7-8-12(15)14-11(13(16)17)9-10-18-2/h11H,3-10H2,1-2H3,(H,14,15)(H,16,17). The fraction of sp³-hybridized carbons (Fsp3) is 0.846. The van der Waals surface area contributed by atoms with Gasteiger partial charge in [0.1, 0.15) is 6.04 Å². The van der Waals surface area contributed by atoms with Gasteiger partial charge in [0.15, 0.2) is 0 Å². The third-order valence-electron chi connectivity index (χ3n) is 2.75. The van der Waals surface area contributed by atoms with Crippen molar-refractivity contribution < 1.29 is 19.4 Å². The number of methoxy groups -OCH3 is 1. The number of amides is 1. The Labute approximate surface area is 109 Å². The number of rotatable bonds is 11. The number of aliphatic carboxylic acids is 1. The van der Waals surface area contributed by atoms with Crippen LogP contribution in [-0.2, 0) is 14.3 Å². The van der Waals surface area contributed by atoms with E-state index < -0.39 is 12.0 Å². The first kappa shape index (κ1) is 16.9. The highest BCUT2D eigenvalue weighted by Gasteiger charge is 2.18. The summed E-state index contributed by atoms with van der Waals surface area (Å²) in [5, 5.41) is 11.4. The smallest absolute Gasteiger partial charge is 0.326 e. The van der Waals surface area contributed by atoms with Crippen LogP contribution in [0.4, 0.5) is 0 Å². The van der Waals surface area contributed by atoms with E-state index in [-0.39, 0.29) is 5.91 Å². The lowest BCUT2D eigenvalue weighted by Crippen LogP contribution is -2.41. The van der Waals surface area contributed by atoms with Crippen LogP contribution >= 0.6 is 0 Å². The van der Waals surface area contributed by atoms with Crippen molar-refractivity contribution in [3.8, 4) is 0 Å². The molecule has 0 aromatic carbocycles. The number of hydrogen-bond donors (Lipinski definition) is 2. The molecular formula is C13H25NO4. The number of carbonyl (C=O) groups excluding carboxylic acids is 1. The molecule has 5 nitrogen and oxygen atoms in total. The second-order valence-corrected chi connectivity index (χ2v) is 4.40. The monoisotopic (exact) mass is 259 g/mol. The summed E-state index contributed by atoms with van der Waals surface area (Å²) in [6, 6.07) is -0.840. The van der Waals surface area contributed by atoms with Crippen molar-refractivity contribution in [1.29, 1.82) is 0 Å². The molecule has 0 saturated carbocycles. The topological polar surface area (TPSA) is 75.6 Å². The molecule has 1 amide bonds. The lowest BCUT2D eigenvalue weighted by molar-refractivity contribution is -0.142. The normalized spacial score (nSPS) is 12.1. The van der Waals surface area contributed by atoms with Gasteiger partial charge in [-0.05, 0) is 6.42 Å². The molecule has 0 heterocycles. The van der Waals surface area contributed by atoms with E-state index in [1.807, 2.05) is 0 Å². The Morgan fingerprint density at radius 3 is 2.44 bits per heavy atom. The summed E-state index contributed by atoms with van der Waals surface area (Å²) in [6.45, 7) is 2.47. The Morgan fingerprint density at radius 2 is 1.89 bits per heavy atom. The van der Waals surface area contributed by atoms with Crippen LogP contribution < -0.4 is 5.32 Å². The number of carbonyl (C=O) groups is 2. The quantitative estimate of drug-likeness (QED) is 0.556. The molecule has 0 aromatic rings. The molecule has 0 saturated heterocycles. The predicted molar refractivity (Wildman–Crippen MR) is 69.4 cm³/mol. The SMILES string of the molecule is CCCCCCCC(=O)NC(CCOC)C(=O)O. The molecule has 0 bridgehead atoms. The van der Waals surface area contributed by atoms with Gasteiger partial charge in [0, 0.05) is 26.6 Å². The molecule has 0 radical (unpaired) electrons. The Balaban J connectivity index is 3.77. The van der Waals surface area contributed by atoms with Crippen LogP contribution in [0.1, 0.15) is 51.9 Å². The fourth-order valence-corrected chi connectivity index (χ4v) is 1.65. The molecule has 0 aromatic heterocycles. The molecule has 0 spiro atoms. The van der Waals surface area contributed by atoms with Gasteiger partial charge in [-0.2, -0.15) is 0 Å². The molecule has 106 valence electrons. The minimum atomic E-state index is -1.01. The number of unbranched alkanes of at least 4 members (excludes halogenated alkanes) is 4. The van der Waals surface area contributed by atoms with Gasteiger partial charge in [-0.15, -0.1) is 0 Å². The third-order valence-corrected chi connectivity index (χ3v) is 2.75. The summed E-state index contributed by atoms with van der Waals surface area (Å²) in [5.41, 5.74) is 0. The zero-order valence-electron chi connectivity index (χ0n) is 11.4. The Kier molecular flexibility index (Phi) is 10.3. The summed E-state index contributed by atoms with van der Waals surface area (Å²) in [6.07, 6.45) is 6.04. The molecule has 0 rings (SSSR count). The maximum absolute atomic E-state index is 11.5. The minimum Gasteiger partial charge on any atom is -0.480 e. The van der Waals surface area contributed by atoms with Gasteiger partial charge in [0.25, 0.3) is 0 Å². The first-order valence-electron chi connectivity index (χ1n) is 6.63. The molecule has 1 atom stereocenters. The van der Waals surface area contributed by atoms with Crippen LogP contribution in [0.5, 0.6) is 0 Å². The molecular weight excluding hydrogens is 234 g/mol. The summed E-state index contributed by atoms with van der Waals surface area (Å²) in [4.78, 5) is 22.4. The molecule has 0 aliphatic rings. The van der Waals surface area contributed by atoms with E-state index in [1.165, 1.54) is 20.0 Å². The Bertz CT molecular complexity index is 243. The van der Waals surface area contributed by atoms with E-state index in [2.05, 4.69) is 12.2 Å². The van der Waals surface area contributed by atoms with Gasteiger partial charge < -0.3 is 15.2 Å². The third kappa shape index (κ3) is 8.98. The first-order chi connectivity index (χ1) is 8.61. The van der Waals surface area contributed by atoms with E-state index in [4.69, 9.17) is 9.84 Å². The largest absolute Gasteiger partial charge is 0.480 e. The van der Waals surface area contributed by atoms with Crippen LogP contribution in [0.25, 0.3) is 0 Å². The first-order valence-corrected chi connectivity index (χ1v) is 6.63. The van der Waals surface area contributed by atoms with Gasteiger partial charge in [0.05, 0.1) is 0 Å². The van der Waals surface area contributed by atoms with Gasteiger partial charge in [-0.3, -0.25) is 4.79 Å². The van der Waals surface area contributed by atoms with Crippen molar-refractivity contribution in [2.45, 2.75) is 57.9 Å². The van der Waals surface area contributed by atoms with Crippen LogP contribution in [0.3, 0.4) is 0 Å². The second-order valence-electron chi connectivity index (χ2n) is 4.40. The van der Waals surface area contributed by atoms with Gasteiger partial charge in [-0.1, -0.05) is 32.6 Å². The van der Waals surface area contributed by atoms with Crippen molar-refractivity contribution in [3.05, 3.63) is 0 Å². The Hall–Kier alpha value is -1.10. The summed E-state index contributed by atoms with van der Waals surface area (Å²) < 4.78 is 4.81. The number of carboxylic acids is 1. The highest BCUT2D eigenvalue weighted by molar-refractivity contribution is 5.83. The van der Waals surface area contributed by atoms with Crippen molar-refractivity contribution in [1.82, 2.24) is 5.32 Å². The zero-order chi connectivity index (χ0) is 13.8. The molecule has 1 unspecified atom stereocenters. The molecule has 5 heteroatoms. The summed E-state index contributed by atoms with van der Waals surface area (Å²) in [7, 11) is 1.51. The lowest BCUT2D eigenvalue weighted by atomic mass is 10.1. The number of carboxylic acid groups (broad SMARTS) is 1. The van der Waals surface area contributed by atoms with Crippen molar-refractivity contribution in [3.63, 3.8) is 0 Å². The summed E-state index contributed by atoms with van der Waals surface area (Å²) in [5.74, 6) is -1.19. The van der Waals surface area contributed by atoms with Gasteiger partial charge in [-0.25, -0.2) is 4.79 Å². The molecule has 18 heavy (non-hydrogen) atoms. The van der Waals surface area contributed by atoms with Crippen LogP contribution in [0.15, 0.2) is 0 Å². The fourth-order valence-electron chi connectivity index (χ4n) is 1.65. The van der Waals surface area contributed by atoms with Crippen LogP contribution in [0, 0.1) is 0 Å². The number of nitrogens with one attached hydrogen (secondary N) is 1. The van der Waals surface area contributed by atoms with Crippen molar-refractivity contribution in [2.75, 3.05) is 13.7 Å². The highest BCUT2D eigenvalue weighted by atomic mass is 16.5. The lowest BCUT2D eigenvalue weighted by Gasteiger charge is -2.13. The van der Waals surface area contributed by atoms with Gasteiger partial charge in [0.2, 0.25) is 5.91 Å². The molecule has 0 aliphatic heterocycles.